The van der Waals surface area contributed by atoms with Gasteiger partial charge in [0.15, 0.2) is 0 Å². The van der Waals surface area contributed by atoms with Gasteiger partial charge in [0.05, 0.1) is 11.8 Å². The number of hydrogen-bond donors (Lipinski definition) is 1. The Morgan fingerprint density at radius 3 is 2.58 bits per heavy atom. The molecule has 2 nitrogen and oxygen atoms in total. The third-order valence-electron chi connectivity index (χ3n) is 1.07. The van der Waals surface area contributed by atoms with E-state index in [2.05, 4.69) is 6.58 Å². The monoisotopic (exact) mass is 278 g/mol. The summed E-state index contributed by atoms with van der Waals surface area (Å²) in [6.07, 6.45) is 1.01. The van der Waals surface area contributed by atoms with Gasteiger partial charge < -0.3 is 5.73 Å². The van der Waals surface area contributed by atoms with E-state index in [9.17, 15) is 4.39 Å². The number of nitriles is 1. The summed E-state index contributed by atoms with van der Waals surface area (Å²) in [5.41, 5.74) is 5.44. The number of allylic oxidation sites excluding steroid dienone is 4. The molecule has 4 heteroatoms. The lowest BCUT2D eigenvalue weighted by atomic mass is 10.2. The van der Waals surface area contributed by atoms with Gasteiger partial charge >= 0.3 is 0 Å². The van der Waals surface area contributed by atoms with E-state index in [-0.39, 0.29) is 11.3 Å². The number of nitrogens with two attached hydrogens (primary N) is 1. The molecule has 0 rings (SSSR count). The van der Waals surface area contributed by atoms with Crippen LogP contribution in [0.4, 0.5) is 4.39 Å². The van der Waals surface area contributed by atoms with Crippen molar-refractivity contribution in [2.45, 2.75) is 6.92 Å². The van der Waals surface area contributed by atoms with Gasteiger partial charge in [-0.2, -0.15) is 5.26 Å². The normalized spacial score (nSPS) is 13.3. The zero-order valence-corrected chi connectivity index (χ0v) is 8.72. The molecule has 12 heavy (non-hydrogen) atoms. The number of nitrogens with zero attached hydrogens (tertiary/aromatic N) is 1. The van der Waals surface area contributed by atoms with E-state index in [4.69, 9.17) is 11.0 Å². The lowest BCUT2D eigenvalue weighted by Crippen LogP contribution is -1.99. The van der Waals surface area contributed by atoms with Crippen LogP contribution >= 0.6 is 22.6 Å². The van der Waals surface area contributed by atoms with Crippen LogP contribution in [0.25, 0.3) is 0 Å². The molecule has 0 amide bonds. The first-order chi connectivity index (χ1) is 5.49. The van der Waals surface area contributed by atoms with Crippen molar-refractivity contribution in [3.05, 3.63) is 33.3 Å². The Morgan fingerprint density at radius 2 is 2.25 bits per heavy atom. The van der Waals surface area contributed by atoms with Crippen LogP contribution in [-0.2, 0) is 0 Å². The number of halogens is 2. The molecule has 2 N–H and O–H groups in total. The van der Waals surface area contributed by atoms with Crippen molar-refractivity contribution in [3.8, 4) is 6.07 Å². The number of hydrogen-bond acceptors (Lipinski definition) is 2. The average Bonchev–Trinajstić information content (AvgIpc) is 2.02. The van der Waals surface area contributed by atoms with Gasteiger partial charge in [0.1, 0.15) is 5.83 Å². The minimum atomic E-state index is -0.617. The van der Waals surface area contributed by atoms with Crippen LogP contribution in [0.1, 0.15) is 6.92 Å². The van der Waals surface area contributed by atoms with Crippen LogP contribution in [0.2, 0.25) is 0 Å². The molecule has 0 spiro atoms. The molecule has 0 aliphatic rings. The van der Waals surface area contributed by atoms with E-state index >= 15 is 0 Å². The molecule has 0 unspecified atom stereocenters. The molecule has 0 fully saturated rings. The molecule has 64 valence electrons. The Hall–Kier alpha value is -0.830. The largest absolute Gasteiger partial charge is 0.396 e. The van der Waals surface area contributed by atoms with Crippen molar-refractivity contribution in [3.63, 3.8) is 0 Å². The minimum absolute atomic E-state index is 0.0481. The summed E-state index contributed by atoms with van der Waals surface area (Å²) in [5, 5.41) is 8.28. The van der Waals surface area contributed by atoms with Gasteiger partial charge in [-0.25, -0.2) is 4.39 Å². The standard InChI is InChI=1S/C8H8FIN2/c1-5(4-11)3-7(9)8(12)6(2)10/h3H,1,12H2,2H3/b7-3+,8-6-. The van der Waals surface area contributed by atoms with Crippen molar-refractivity contribution in [1.82, 2.24) is 0 Å². The second-order valence-electron chi connectivity index (χ2n) is 2.08. The van der Waals surface area contributed by atoms with Gasteiger partial charge in [0, 0.05) is 9.15 Å². The van der Waals surface area contributed by atoms with Gasteiger partial charge in [-0.1, -0.05) is 6.58 Å². The highest BCUT2D eigenvalue weighted by atomic mass is 127. The van der Waals surface area contributed by atoms with Crippen molar-refractivity contribution in [1.29, 1.82) is 5.26 Å². The van der Waals surface area contributed by atoms with Crippen molar-refractivity contribution in [2.75, 3.05) is 0 Å². The molecule has 0 aromatic rings. The van der Waals surface area contributed by atoms with Crippen LogP contribution in [0.5, 0.6) is 0 Å². The molecular formula is C8H8FIN2. The minimum Gasteiger partial charge on any atom is -0.396 e. The smallest absolute Gasteiger partial charge is 0.148 e. The Balaban J connectivity index is 4.75. The lowest BCUT2D eigenvalue weighted by molar-refractivity contribution is 0.647. The van der Waals surface area contributed by atoms with Crippen LogP contribution < -0.4 is 5.73 Å². The Morgan fingerprint density at radius 1 is 1.75 bits per heavy atom. The summed E-state index contributed by atoms with van der Waals surface area (Å²) >= 11 is 1.90. The Kier molecular flexibility index (Phi) is 4.59. The molecule has 0 aliphatic heterocycles. The van der Waals surface area contributed by atoms with E-state index in [0.29, 0.717) is 3.58 Å². The summed E-state index contributed by atoms with van der Waals surface area (Å²) < 4.78 is 13.6. The molecule has 0 heterocycles. The molecule has 0 aromatic heterocycles. The maximum Gasteiger partial charge on any atom is 0.148 e. The molecular weight excluding hydrogens is 270 g/mol. The first kappa shape index (κ1) is 11.2. The van der Waals surface area contributed by atoms with E-state index in [1.165, 1.54) is 0 Å². The fourth-order valence-corrected chi connectivity index (χ4v) is 0.685. The van der Waals surface area contributed by atoms with Gasteiger partial charge in [-0.05, 0) is 35.6 Å². The van der Waals surface area contributed by atoms with Gasteiger partial charge in [-0.15, -0.1) is 0 Å². The zero-order valence-electron chi connectivity index (χ0n) is 6.56. The highest BCUT2D eigenvalue weighted by Crippen LogP contribution is 2.16. The molecule has 0 bridgehead atoms. The molecule has 0 aliphatic carbocycles. The lowest BCUT2D eigenvalue weighted by Gasteiger charge is -1.97. The number of rotatable bonds is 2. The third-order valence-corrected chi connectivity index (χ3v) is 1.65. The predicted octanol–water partition coefficient (Wildman–Crippen LogP) is 2.54. The quantitative estimate of drug-likeness (QED) is 0.479. The summed E-state index contributed by atoms with van der Waals surface area (Å²) in [5.74, 6) is -0.617. The Labute approximate surface area is 84.4 Å². The van der Waals surface area contributed by atoms with Crippen molar-refractivity contribution in [2.24, 2.45) is 5.73 Å². The molecule has 0 saturated carbocycles. The highest BCUT2D eigenvalue weighted by Gasteiger charge is 2.02. The summed E-state index contributed by atoms with van der Waals surface area (Å²) in [6, 6.07) is 1.70. The van der Waals surface area contributed by atoms with Crippen LogP contribution in [-0.4, -0.2) is 0 Å². The Bertz CT molecular complexity index is 293. The maximum atomic E-state index is 12.9. The van der Waals surface area contributed by atoms with Crippen molar-refractivity contribution < 1.29 is 4.39 Å². The summed E-state index contributed by atoms with van der Waals surface area (Å²) in [7, 11) is 0. The van der Waals surface area contributed by atoms with Crippen LogP contribution in [0.3, 0.4) is 0 Å². The van der Waals surface area contributed by atoms with Gasteiger partial charge in [0.25, 0.3) is 0 Å². The molecule has 0 aromatic carbocycles. The first-order valence-corrected chi connectivity index (χ1v) is 4.15. The fourth-order valence-electron chi connectivity index (χ4n) is 0.428. The highest BCUT2D eigenvalue weighted by molar-refractivity contribution is 14.1. The molecule has 0 radical (unpaired) electrons. The van der Waals surface area contributed by atoms with Gasteiger partial charge in [0.2, 0.25) is 0 Å². The van der Waals surface area contributed by atoms with Crippen molar-refractivity contribution >= 4 is 22.6 Å². The average molecular weight is 278 g/mol. The first-order valence-electron chi connectivity index (χ1n) is 3.07. The topological polar surface area (TPSA) is 49.8 Å². The predicted molar refractivity (Wildman–Crippen MR) is 54.9 cm³/mol. The van der Waals surface area contributed by atoms with E-state index in [1.54, 1.807) is 13.0 Å². The van der Waals surface area contributed by atoms with Crippen LogP contribution in [0, 0.1) is 11.3 Å². The molecule has 0 saturated heterocycles. The second kappa shape index (κ2) is 4.93. The zero-order chi connectivity index (χ0) is 9.72. The third kappa shape index (κ3) is 3.53. The van der Waals surface area contributed by atoms with Crippen LogP contribution in [0.15, 0.2) is 33.3 Å². The molecule has 0 atom stereocenters. The van der Waals surface area contributed by atoms with E-state index < -0.39 is 5.83 Å². The van der Waals surface area contributed by atoms with E-state index in [1.807, 2.05) is 22.6 Å². The fraction of sp³-hybridized carbons (Fsp3) is 0.125. The summed E-state index contributed by atoms with van der Waals surface area (Å²) in [6.45, 7) is 4.98. The van der Waals surface area contributed by atoms with E-state index in [0.717, 1.165) is 6.08 Å². The summed E-state index contributed by atoms with van der Waals surface area (Å²) in [4.78, 5) is 0. The SMILES string of the molecule is C=C(C#N)/C=C(F)\C(N)=C(/C)I. The van der Waals surface area contributed by atoms with Gasteiger partial charge in [-0.3, -0.25) is 0 Å². The second-order valence-corrected chi connectivity index (χ2v) is 3.69. The maximum absolute atomic E-state index is 12.9.